The summed E-state index contributed by atoms with van der Waals surface area (Å²) in [5, 5.41) is 0. The Balaban J connectivity index is 0.0000000833. The fourth-order valence-electron chi connectivity index (χ4n) is 0. The van der Waals surface area contributed by atoms with Gasteiger partial charge in [0.1, 0.15) is 6.29 Å². The highest BCUT2D eigenvalue weighted by Gasteiger charge is 1.95. The van der Waals surface area contributed by atoms with E-state index in [2.05, 4.69) is 0 Å². The van der Waals surface area contributed by atoms with E-state index in [1.54, 1.807) is 0 Å². The van der Waals surface area contributed by atoms with Gasteiger partial charge in [0.15, 0.2) is 0 Å². The molecule has 1 saturated carbocycles. The summed E-state index contributed by atoms with van der Waals surface area (Å²) >= 11 is 0. The average molecular weight is 86.1 g/mol. The average Bonchev–Trinajstić information content (AvgIpc) is 2.11. The number of aldehydes is 1. The number of carbonyl (C=O) groups is 1. The minimum Gasteiger partial charge on any atom is -0.304 e. The van der Waals surface area contributed by atoms with Gasteiger partial charge in [0, 0.05) is 0 Å². The minimum atomic E-state index is 0.750. The maximum absolute atomic E-state index is 8.81. The van der Waals surface area contributed by atoms with Crippen LogP contribution in [0.25, 0.3) is 0 Å². The molecular formula is C5H10O. The van der Waals surface area contributed by atoms with Crippen molar-refractivity contribution >= 4 is 6.29 Å². The van der Waals surface area contributed by atoms with Crippen molar-refractivity contribution in [3.63, 3.8) is 0 Å². The molecule has 0 radical (unpaired) electrons. The summed E-state index contributed by atoms with van der Waals surface area (Å²) in [6.07, 6.45) is 5.25. The largest absolute Gasteiger partial charge is 0.304 e. The van der Waals surface area contributed by atoms with E-state index in [9.17, 15) is 0 Å². The lowest BCUT2D eigenvalue weighted by atomic mass is 11.0. The number of hydrogen-bond acceptors (Lipinski definition) is 1. The van der Waals surface area contributed by atoms with Gasteiger partial charge in [0.2, 0.25) is 0 Å². The molecule has 0 aromatic heterocycles. The Morgan fingerprint density at radius 1 is 1.33 bits per heavy atom. The molecular weight excluding hydrogens is 76.1 g/mol. The van der Waals surface area contributed by atoms with Crippen molar-refractivity contribution in [2.45, 2.75) is 26.2 Å². The topological polar surface area (TPSA) is 17.1 Å². The Hall–Kier alpha value is -0.330. The molecule has 0 saturated heterocycles. The zero-order chi connectivity index (χ0) is 4.83. The first-order valence-corrected chi connectivity index (χ1v) is 2.31. The van der Waals surface area contributed by atoms with Crippen LogP contribution < -0.4 is 0 Å². The van der Waals surface area contributed by atoms with Crippen molar-refractivity contribution in [3.8, 4) is 0 Å². The molecule has 0 amide bonds. The highest BCUT2D eigenvalue weighted by Crippen LogP contribution is 2.14. The van der Waals surface area contributed by atoms with E-state index in [-0.39, 0.29) is 0 Å². The third-order valence-corrected chi connectivity index (χ3v) is 0.354. The predicted molar refractivity (Wildman–Crippen MR) is 25.6 cm³/mol. The van der Waals surface area contributed by atoms with Crippen molar-refractivity contribution < 1.29 is 4.79 Å². The van der Waals surface area contributed by atoms with Crippen molar-refractivity contribution in [2.24, 2.45) is 0 Å². The van der Waals surface area contributed by atoms with Crippen LogP contribution in [-0.4, -0.2) is 6.29 Å². The second-order valence-electron chi connectivity index (χ2n) is 1.30. The van der Waals surface area contributed by atoms with Crippen LogP contribution in [0.1, 0.15) is 26.2 Å². The monoisotopic (exact) mass is 86.1 g/mol. The molecule has 0 bridgehead atoms. The highest BCUT2D eigenvalue weighted by molar-refractivity contribution is 5.44. The molecule has 0 aliphatic heterocycles. The smallest absolute Gasteiger partial charge is 0.116 e. The van der Waals surface area contributed by atoms with Crippen molar-refractivity contribution in [1.82, 2.24) is 0 Å². The van der Waals surface area contributed by atoms with Crippen LogP contribution in [0.5, 0.6) is 0 Å². The highest BCUT2D eigenvalue weighted by atomic mass is 16.1. The van der Waals surface area contributed by atoms with Gasteiger partial charge in [-0.3, -0.25) is 0 Å². The van der Waals surface area contributed by atoms with E-state index in [1.807, 2.05) is 0 Å². The van der Waals surface area contributed by atoms with Gasteiger partial charge in [-0.25, -0.2) is 0 Å². The van der Waals surface area contributed by atoms with Crippen molar-refractivity contribution in [1.29, 1.82) is 0 Å². The SMILES string of the molecule is C1CC1.CC=O. The van der Waals surface area contributed by atoms with Gasteiger partial charge < -0.3 is 4.79 Å². The fourth-order valence-corrected chi connectivity index (χ4v) is 0. The summed E-state index contributed by atoms with van der Waals surface area (Å²) in [6.45, 7) is 1.44. The summed E-state index contributed by atoms with van der Waals surface area (Å²) in [5.41, 5.74) is 0. The van der Waals surface area contributed by atoms with Gasteiger partial charge in [-0.05, 0) is 6.92 Å². The van der Waals surface area contributed by atoms with Gasteiger partial charge in [-0.2, -0.15) is 0 Å². The molecule has 1 nitrogen and oxygen atoms in total. The fraction of sp³-hybridized carbons (Fsp3) is 0.800. The standard InChI is InChI=1S/C3H6.C2H4O/c1-2-3-1;1-2-3/h1-3H2;2H,1H3. The lowest BCUT2D eigenvalue weighted by molar-refractivity contribution is -0.106. The van der Waals surface area contributed by atoms with Crippen LogP contribution in [0.4, 0.5) is 0 Å². The van der Waals surface area contributed by atoms with Crippen molar-refractivity contribution in [2.75, 3.05) is 0 Å². The van der Waals surface area contributed by atoms with Gasteiger partial charge >= 0.3 is 0 Å². The molecule has 0 aromatic rings. The normalized spacial score (nSPS) is 14.2. The molecule has 0 atom stereocenters. The predicted octanol–water partition coefficient (Wildman–Crippen LogP) is 1.38. The molecule has 0 N–H and O–H groups in total. The molecule has 0 heterocycles. The molecule has 36 valence electrons. The first-order chi connectivity index (χ1) is 2.91. The molecule has 1 fully saturated rings. The van der Waals surface area contributed by atoms with E-state index in [0.717, 1.165) is 6.29 Å². The van der Waals surface area contributed by atoms with E-state index in [1.165, 1.54) is 26.2 Å². The third-order valence-electron chi connectivity index (χ3n) is 0.354. The minimum absolute atomic E-state index is 0.750. The van der Waals surface area contributed by atoms with Gasteiger partial charge in [0.05, 0.1) is 0 Å². The molecule has 0 unspecified atom stereocenters. The molecule has 0 aromatic carbocycles. The van der Waals surface area contributed by atoms with Crippen molar-refractivity contribution in [3.05, 3.63) is 0 Å². The second kappa shape index (κ2) is 4.67. The van der Waals surface area contributed by atoms with Gasteiger partial charge in [-0.1, -0.05) is 19.3 Å². The number of rotatable bonds is 0. The maximum atomic E-state index is 8.81. The molecule has 1 aliphatic rings. The zero-order valence-corrected chi connectivity index (χ0v) is 4.11. The van der Waals surface area contributed by atoms with Crippen LogP contribution >= 0.6 is 0 Å². The molecule has 1 heteroatoms. The van der Waals surface area contributed by atoms with E-state index >= 15 is 0 Å². The van der Waals surface area contributed by atoms with E-state index in [4.69, 9.17) is 4.79 Å². The molecule has 1 aliphatic carbocycles. The molecule has 0 spiro atoms. The quantitative estimate of drug-likeness (QED) is 0.407. The van der Waals surface area contributed by atoms with Crippen LogP contribution in [0.15, 0.2) is 0 Å². The summed E-state index contributed by atoms with van der Waals surface area (Å²) in [5.74, 6) is 0. The Morgan fingerprint density at radius 3 is 1.50 bits per heavy atom. The zero-order valence-electron chi connectivity index (χ0n) is 4.11. The lowest BCUT2D eigenvalue weighted by Gasteiger charge is -1.23. The lowest BCUT2D eigenvalue weighted by Crippen LogP contribution is -1.36. The first-order valence-electron chi connectivity index (χ1n) is 2.31. The van der Waals surface area contributed by atoms with Crippen LogP contribution in [0, 0.1) is 0 Å². The molecule has 6 heavy (non-hydrogen) atoms. The van der Waals surface area contributed by atoms with Crippen LogP contribution in [0.3, 0.4) is 0 Å². The Bertz CT molecular complexity index is 28.2. The number of hydrogen-bond donors (Lipinski definition) is 0. The van der Waals surface area contributed by atoms with Gasteiger partial charge in [-0.15, -0.1) is 0 Å². The van der Waals surface area contributed by atoms with E-state index in [0.29, 0.717) is 0 Å². The number of carbonyl (C=O) groups excluding carboxylic acids is 1. The Morgan fingerprint density at radius 2 is 1.50 bits per heavy atom. The molecule has 1 rings (SSSR count). The van der Waals surface area contributed by atoms with Gasteiger partial charge in [0.25, 0.3) is 0 Å². The summed E-state index contributed by atoms with van der Waals surface area (Å²) in [7, 11) is 0. The maximum Gasteiger partial charge on any atom is 0.116 e. The van der Waals surface area contributed by atoms with E-state index < -0.39 is 0 Å². The first kappa shape index (κ1) is 5.67. The summed E-state index contributed by atoms with van der Waals surface area (Å²) < 4.78 is 0. The Kier molecular flexibility index (Phi) is 4.41. The third kappa shape index (κ3) is 58.3. The van der Waals surface area contributed by atoms with Crippen LogP contribution in [0.2, 0.25) is 0 Å². The second-order valence-corrected chi connectivity index (χ2v) is 1.30. The Labute approximate surface area is 38.4 Å². The summed E-state index contributed by atoms with van der Waals surface area (Å²) in [6, 6.07) is 0. The summed E-state index contributed by atoms with van der Waals surface area (Å²) in [4.78, 5) is 8.81. The van der Waals surface area contributed by atoms with Crippen LogP contribution in [-0.2, 0) is 4.79 Å².